The zero-order valence-corrected chi connectivity index (χ0v) is 11.2. The standard InChI is InChI=1S/C13H19ClN2O/c1-10-6-12(8-14)7-13(15-10)16-4-3-5-17-11(2)9-16/h6-7,11H,3-5,8-9H2,1-2H3. The minimum absolute atomic E-state index is 0.263. The van der Waals surface area contributed by atoms with E-state index in [1.807, 2.05) is 13.0 Å². The maximum Gasteiger partial charge on any atom is 0.129 e. The minimum atomic E-state index is 0.263. The van der Waals surface area contributed by atoms with E-state index in [9.17, 15) is 0 Å². The molecule has 0 saturated carbocycles. The number of hydrogen-bond acceptors (Lipinski definition) is 3. The number of nitrogens with zero attached hydrogens (tertiary/aromatic N) is 2. The molecule has 1 aromatic rings. The molecule has 1 saturated heterocycles. The number of aryl methyl sites for hydroxylation is 1. The lowest BCUT2D eigenvalue weighted by Crippen LogP contribution is -2.31. The smallest absolute Gasteiger partial charge is 0.129 e. The molecule has 0 bridgehead atoms. The summed E-state index contributed by atoms with van der Waals surface area (Å²) >= 11 is 5.90. The Morgan fingerprint density at radius 2 is 2.35 bits per heavy atom. The number of hydrogen-bond donors (Lipinski definition) is 0. The van der Waals surface area contributed by atoms with E-state index in [-0.39, 0.29) is 6.10 Å². The number of aromatic nitrogens is 1. The van der Waals surface area contributed by atoms with Gasteiger partial charge >= 0.3 is 0 Å². The molecule has 1 unspecified atom stereocenters. The first-order valence-corrected chi connectivity index (χ1v) is 6.62. The van der Waals surface area contributed by atoms with Gasteiger partial charge in [0.2, 0.25) is 0 Å². The first-order chi connectivity index (χ1) is 8.19. The third kappa shape index (κ3) is 3.33. The van der Waals surface area contributed by atoms with Crippen molar-refractivity contribution in [3.8, 4) is 0 Å². The molecule has 3 nitrogen and oxygen atoms in total. The molecule has 0 spiro atoms. The van der Waals surface area contributed by atoms with Crippen molar-refractivity contribution in [3.05, 3.63) is 23.4 Å². The molecule has 1 atom stereocenters. The predicted octanol–water partition coefficient (Wildman–Crippen LogP) is 2.74. The van der Waals surface area contributed by atoms with E-state index < -0.39 is 0 Å². The van der Waals surface area contributed by atoms with Gasteiger partial charge in [0, 0.05) is 31.3 Å². The summed E-state index contributed by atoms with van der Waals surface area (Å²) in [5.41, 5.74) is 2.16. The van der Waals surface area contributed by atoms with Crippen LogP contribution in [0.2, 0.25) is 0 Å². The van der Waals surface area contributed by atoms with Gasteiger partial charge in [-0.2, -0.15) is 0 Å². The van der Waals surface area contributed by atoms with Crippen LogP contribution in [0.5, 0.6) is 0 Å². The highest BCUT2D eigenvalue weighted by molar-refractivity contribution is 6.17. The van der Waals surface area contributed by atoms with Crippen molar-refractivity contribution in [3.63, 3.8) is 0 Å². The van der Waals surface area contributed by atoms with E-state index in [2.05, 4.69) is 22.9 Å². The second-order valence-corrected chi connectivity index (χ2v) is 4.86. The highest BCUT2D eigenvalue weighted by Crippen LogP contribution is 2.19. The highest BCUT2D eigenvalue weighted by Gasteiger charge is 2.16. The normalized spacial score (nSPS) is 21.4. The average Bonchev–Trinajstić information content (AvgIpc) is 2.53. The first kappa shape index (κ1) is 12.7. The number of alkyl halides is 1. The first-order valence-electron chi connectivity index (χ1n) is 6.09. The number of halogens is 1. The number of anilines is 1. The van der Waals surface area contributed by atoms with Crippen LogP contribution in [-0.2, 0) is 10.6 Å². The zero-order chi connectivity index (χ0) is 12.3. The van der Waals surface area contributed by atoms with Gasteiger partial charge in [0.1, 0.15) is 5.82 Å². The molecule has 0 radical (unpaired) electrons. The molecule has 94 valence electrons. The minimum Gasteiger partial charge on any atom is -0.377 e. The van der Waals surface area contributed by atoms with E-state index in [4.69, 9.17) is 16.3 Å². The summed E-state index contributed by atoms with van der Waals surface area (Å²) in [5, 5.41) is 0. The molecular weight excluding hydrogens is 236 g/mol. The van der Waals surface area contributed by atoms with E-state index in [0.29, 0.717) is 5.88 Å². The summed E-state index contributed by atoms with van der Waals surface area (Å²) in [7, 11) is 0. The van der Waals surface area contributed by atoms with Gasteiger partial charge in [-0.15, -0.1) is 11.6 Å². The van der Waals surface area contributed by atoms with E-state index in [0.717, 1.165) is 43.2 Å². The van der Waals surface area contributed by atoms with Crippen LogP contribution in [0.4, 0.5) is 5.82 Å². The van der Waals surface area contributed by atoms with Gasteiger partial charge < -0.3 is 9.64 Å². The van der Waals surface area contributed by atoms with Crippen LogP contribution in [0.3, 0.4) is 0 Å². The summed E-state index contributed by atoms with van der Waals surface area (Å²) in [6.07, 6.45) is 1.31. The number of rotatable bonds is 2. The quantitative estimate of drug-likeness (QED) is 0.759. The largest absolute Gasteiger partial charge is 0.377 e. The van der Waals surface area contributed by atoms with Crippen LogP contribution in [0.15, 0.2) is 12.1 Å². The van der Waals surface area contributed by atoms with E-state index in [1.165, 1.54) is 0 Å². The molecule has 2 heterocycles. The summed E-state index contributed by atoms with van der Waals surface area (Å²) in [4.78, 5) is 6.89. The number of ether oxygens (including phenoxy) is 1. The van der Waals surface area contributed by atoms with E-state index >= 15 is 0 Å². The highest BCUT2D eigenvalue weighted by atomic mass is 35.5. The maximum atomic E-state index is 5.90. The van der Waals surface area contributed by atoms with Gasteiger partial charge in [0.25, 0.3) is 0 Å². The molecular formula is C13H19ClN2O. The Balaban J connectivity index is 2.22. The zero-order valence-electron chi connectivity index (χ0n) is 10.4. The van der Waals surface area contributed by atoms with Crippen molar-refractivity contribution >= 4 is 17.4 Å². The fraction of sp³-hybridized carbons (Fsp3) is 0.615. The lowest BCUT2D eigenvalue weighted by atomic mass is 10.2. The molecule has 0 amide bonds. The molecule has 0 aromatic carbocycles. The number of pyridine rings is 1. The molecule has 2 rings (SSSR count). The van der Waals surface area contributed by atoms with Crippen LogP contribution in [0.25, 0.3) is 0 Å². The molecule has 0 N–H and O–H groups in total. The summed E-state index contributed by atoms with van der Waals surface area (Å²) in [6, 6.07) is 4.12. The topological polar surface area (TPSA) is 25.4 Å². The van der Waals surface area contributed by atoms with Crippen LogP contribution >= 0.6 is 11.6 Å². The lowest BCUT2D eigenvalue weighted by Gasteiger charge is -2.24. The van der Waals surface area contributed by atoms with Gasteiger partial charge in [-0.25, -0.2) is 4.98 Å². The van der Waals surface area contributed by atoms with Gasteiger partial charge in [0.15, 0.2) is 0 Å². The monoisotopic (exact) mass is 254 g/mol. The van der Waals surface area contributed by atoms with E-state index in [1.54, 1.807) is 0 Å². The van der Waals surface area contributed by atoms with Crippen molar-refractivity contribution in [1.29, 1.82) is 0 Å². The molecule has 1 aliphatic rings. The van der Waals surface area contributed by atoms with Gasteiger partial charge in [0.05, 0.1) is 6.10 Å². The SMILES string of the molecule is Cc1cc(CCl)cc(N2CCCOC(C)C2)n1. The van der Waals surface area contributed by atoms with Crippen molar-refractivity contribution < 1.29 is 4.74 Å². The van der Waals surface area contributed by atoms with Gasteiger partial charge in [-0.3, -0.25) is 0 Å². The Hall–Kier alpha value is -0.800. The predicted molar refractivity (Wildman–Crippen MR) is 70.8 cm³/mol. The molecule has 0 aliphatic carbocycles. The summed E-state index contributed by atoms with van der Waals surface area (Å²) in [6.45, 7) is 6.86. The van der Waals surface area contributed by atoms with Crippen molar-refractivity contribution in [2.45, 2.75) is 32.3 Å². The van der Waals surface area contributed by atoms with Crippen molar-refractivity contribution in [2.24, 2.45) is 0 Å². The Labute approximate surface area is 108 Å². The average molecular weight is 255 g/mol. The molecule has 1 aromatic heterocycles. The lowest BCUT2D eigenvalue weighted by molar-refractivity contribution is 0.0820. The van der Waals surface area contributed by atoms with Gasteiger partial charge in [-0.05, 0) is 38.0 Å². The Morgan fingerprint density at radius 1 is 1.53 bits per heavy atom. The maximum absolute atomic E-state index is 5.90. The van der Waals surface area contributed by atoms with Crippen LogP contribution in [-0.4, -0.2) is 30.8 Å². The second-order valence-electron chi connectivity index (χ2n) is 4.59. The van der Waals surface area contributed by atoms with Crippen molar-refractivity contribution in [1.82, 2.24) is 4.98 Å². The molecule has 1 aliphatic heterocycles. The Bertz CT molecular complexity index is 384. The molecule has 4 heteroatoms. The summed E-state index contributed by atoms with van der Waals surface area (Å²) < 4.78 is 5.65. The fourth-order valence-corrected chi connectivity index (χ4v) is 2.32. The second kappa shape index (κ2) is 5.69. The third-order valence-electron chi connectivity index (χ3n) is 2.93. The van der Waals surface area contributed by atoms with Crippen molar-refractivity contribution in [2.75, 3.05) is 24.6 Å². The third-order valence-corrected chi connectivity index (χ3v) is 3.24. The fourth-order valence-electron chi connectivity index (χ4n) is 2.16. The van der Waals surface area contributed by atoms with Crippen LogP contribution < -0.4 is 4.90 Å². The molecule has 1 fully saturated rings. The van der Waals surface area contributed by atoms with Crippen LogP contribution in [0.1, 0.15) is 24.6 Å². The Kier molecular flexibility index (Phi) is 4.24. The summed E-state index contributed by atoms with van der Waals surface area (Å²) in [5.74, 6) is 1.56. The Morgan fingerprint density at radius 3 is 3.12 bits per heavy atom. The van der Waals surface area contributed by atoms with Crippen LogP contribution in [0, 0.1) is 6.92 Å². The molecule has 17 heavy (non-hydrogen) atoms. The van der Waals surface area contributed by atoms with Gasteiger partial charge in [-0.1, -0.05) is 0 Å².